The molecule has 2 rings (SSSR count). The molecule has 18 heavy (non-hydrogen) atoms. The van der Waals surface area contributed by atoms with Gasteiger partial charge in [-0.05, 0) is 23.7 Å². The second-order valence-electron chi connectivity index (χ2n) is 3.27. The number of aliphatic carboxylic acids is 1. The van der Waals surface area contributed by atoms with E-state index in [2.05, 4.69) is 10.3 Å². The fourth-order valence-corrected chi connectivity index (χ4v) is 2.05. The number of carbonyl (C=O) groups is 2. The van der Waals surface area contributed by atoms with Gasteiger partial charge < -0.3 is 9.52 Å². The third-order valence-electron chi connectivity index (χ3n) is 1.90. The van der Waals surface area contributed by atoms with E-state index in [1.165, 1.54) is 12.1 Å². The van der Waals surface area contributed by atoms with Gasteiger partial charge in [0.15, 0.2) is 16.1 Å². The van der Waals surface area contributed by atoms with Crippen LogP contribution in [0.15, 0.2) is 21.9 Å². The molecule has 94 valence electrons. The molecule has 2 N–H and O–H groups in total. The van der Waals surface area contributed by atoms with E-state index in [0.29, 0.717) is 10.8 Å². The molecule has 2 heterocycles. The monoisotopic (exact) mass is 286 g/mol. The van der Waals surface area contributed by atoms with E-state index in [1.54, 1.807) is 5.38 Å². The Kier molecular flexibility index (Phi) is 3.63. The molecule has 0 fully saturated rings. The van der Waals surface area contributed by atoms with Crippen molar-refractivity contribution in [2.75, 3.05) is 5.32 Å². The first-order valence-corrected chi connectivity index (χ1v) is 6.03. The van der Waals surface area contributed by atoms with Crippen LogP contribution in [0.2, 0.25) is 5.22 Å². The van der Waals surface area contributed by atoms with Crippen LogP contribution in [0.3, 0.4) is 0 Å². The summed E-state index contributed by atoms with van der Waals surface area (Å²) < 4.78 is 4.92. The maximum Gasteiger partial charge on any atom is 0.309 e. The molecule has 8 heteroatoms. The van der Waals surface area contributed by atoms with Crippen molar-refractivity contribution in [2.24, 2.45) is 0 Å². The number of hydrogen-bond acceptors (Lipinski definition) is 5. The third-order valence-corrected chi connectivity index (χ3v) is 2.91. The molecular weight excluding hydrogens is 280 g/mol. The minimum atomic E-state index is -0.976. The normalized spacial score (nSPS) is 10.3. The third kappa shape index (κ3) is 3.08. The number of anilines is 1. The fourth-order valence-electron chi connectivity index (χ4n) is 1.20. The largest absolute Gasteiger partial charge is 0.481 e. The molecular formula is C10H7ClN2O4S. The van der Waals surface area contributed by atoms with Crippen molar-refractivity contribution in [3.8, 4) is 0 Å². The summed E-state index contributed by atoms with van der Waals surface area (Å²) in [6.07, 6.45) is -0.182. The number of nitrogens with zero attached hydrogens (tertiary/aromatic N) is 1. The van der Waals surface area contributed by atoms with E-state index in [9.17, 15) is 9.59 Å². The Hall–Kier alpha value is -1.86. The molecule has 0 aliphatic rings. The van der Waals surface area contributed by atoms with Crippen molar-refractivity contribution in [3.63, 3.8) is 0 Å². The number of halogens is 1. The number of thiazole rings is 1. The van der Waals surface area contributed by atoms with Gasteiger partial charge in [-0.25, -0.2) is 4.98 Å². The molecule has 0 bridgehead atoms. The summed E-state index contributed by atoms with van der Waals surface area (Å²) in [6.45, 7) is 0. The number of furan rings is 1. The highest BCUT2D eigenvalue weighted by Gasteiger charge is 2.13. The zero-order valence-corrected chi connectivity index (χ0v) is 10.4. The van der Waals surface area contributed by atoms with Gasteiger partial charge in [0.25, 0.3) is 5.91 Å². The highest BCUT2D eigenvalue weighted by atomic mass is 35.5. The lowest BCUT2D eigenvalue weighted by molar-refractivity contribution is -0.136. The van der Waals surface area contributed by atoms with E-state index in [0.717, 1.165) is 11.3 Å². The zero-order valence-electron chi connectivity index (χ0n) is 8.84. The van der Waals surface area contributed by atoms with Crippen LogP contribution < -0.4 is 5.32 Å². The summed E-state index contributed by atoms with van der Waals surface area (Å²) in [4.78, 5) is 26.1. The Labute approximate surface area is 110 Å². The summed E-state index contributed by atoms with van der Waals surface area (Å²) >= 11 is 6.68. The van der Waals surface area contributed by atoms with Gasteiger partial charge in [-0.15, -0.1) is 11.3 Å². The zero-order chi connectivity index (χ0) is 13.1. The first-order chi connectivity index (χ1) is 8.54. The van der Waals surface area contributed by atoms with Crippen molar-refractivity contribution >= 4 is 39.9 Å². The Morgan fingerprint density at radius 1 is 1.50 bits per heavy atom. The SMILES string of the molecule is O=C(O)Cc1csc(NC(=O)c2ccc(Cl)o2)n1. The summed E-state index contributed by atoms with van der Waals surface area (Å²) in [5.74, 6) is -1.40. The molecule has 0 unspecified atom stereocenters. The van der Waals surface area contributed by atoms with Crippen LogP contribution in [-0.2, 0) is 11.2 Å². The summed E-state index contributed by atoms with van der Waals surface area (Å²) in [5, 5.41) is 13.1. The van der Waals surface area contributed by atoms with Crippen LogP contribution in [0.25, 0.3) is 0 Å². The molecule has 0 spiro atoms. The van der Waals surface area contributed by atoms with E-state index >= 15 is 0 Å². The van der Waals surface area contributed by atoms with Gasteiger partial charge in [0.05, 0.1) is 12.1 Å². The van der Waals surface area contributed by atoms with E-state index in [-0.39, 0.29) is 17.4 Å². The minimum Gasteiger partial charge on any atom is -0.481 e. The van der Waals surface area contributed by atoms with E-state index < -0.39 is 11.9 Å². The molecule has 0 radical (unpaired) electrons. The van der Waals surface area contributed by atoms with Crippen molar-refractivity contribution in [3.05, 3.63) is 34.2 Å². The van der Waals surface area contributed by atoms with E-state index in [1.807, 2.05) is 0 Å². The maximum atomic E-state index is 11.6. The number of aromatic nitrogens is 1. The number of rotatable bonds is 4. The first kappa shape index (κ1) is 12.6. The average Bonchev–Trinajstić information content (AvgIpc) is 2.87. The lowest BCUT2D eigenvalue weighted by atomic mass is 10.3. The number of hydrogen-bond donors (Lipinski definition) is 2. The molecule has 2 aromatic rings. The molecule has 0 aliphatic heterocycles. The molecule has 2 aromatic heterocycles. The Morgan fingerprint density at radius 2 is 2.28 bits per heavy atom. The highest BCUT2D eigenvalue weighted by molar-refractivity contribution is 7.14. The molecule has 0 aromatic carbocycles. The topological polar surface area (TPSA) is 92.4 Å². The van der Waals surface area contributed by atoms with Crippen molar-refractivity contribution in [1.82, 2.24) is 4.98 Å². The smallest absolute Gasteiger partial charge is 0.309 e. The lowest BCUT2D eigenvalue weighted by Crippen LogP contribution is -2.10. The highest BCUT2D eigenvalue weighted by Crippen LogP contribution is 2.18. The Balaban J connectivity index is 2.03. The first-order valence-electron chi connectivity index (χ1n) is 4.77. The molecule has 0 aliphatic carbocycles. The quantitative estimate of drug-likeness (QED) is 0.899. The Bertz CT molecular complexity index is 592. The van der Waals surface area contributed by atoms with Crippen LogP contribution >= 0.6 is 22.9 Å². The standard InChI is InChI=1S/C10H7ClN2O4S/c11-7-2-1-6(17-7)9(16)13-10-12-5(4-18-10)3-8(14)15/h1-2,4H,3H2,(H,14,15)(H,12,13,16). The van der Waals surface area contributed by atoms with Crippen LogP contribution in [0, 0.1) is 0 Å². The summed E-state index contributed by atoms with van der Waals surface area (Å²) in [5.41, 5.74) is 0.389. The fraction of sp³-hybridized carbons (Fsp3) is 0.100. The average molecular weight is 287 g/mol. The predicted molar refractivity (Wildman–Crippen MR) is 65.1 cm³/mol. The molecule has 1 amide bonds. The lowest BCUT2D eigenvalue weighted by Gasteiger charge is -1.97. The molecule has 6 nitrogen and oxygen atoms in total. The Morgan fingerprint density at radius 3 is 2.89 bits per heavy atom. The number of carbonyl (C=O) groups excluding carboxylic acids is 1. The molecule has 0 saturated heterocycles. The van der Waals surface area contributed by atoms with Gasteiger partial charge in [-0.3, -0.25) is 14.9 Å². The van der Waals surface area contributed by atoms with E-state index in [4.69, 9.17) is 21.1 Å². The number of carboxylic acids is 1. The second kappa shape index (κ2) is 5.19. The van der Waals surface area contributed by atoms with Crippen molar-refractivity contribution < 1.29 is 19.1 Å². The minimum absolute atomic E-state index is 0.0648. The number of carboxylic acid groups (broad SMARTS) is 1. The second-order valence-corrected chi connectivity index (χ2v) is 4.50. The van der Waals surface area contributed by atoms with Crippen LogP contribution in [0.4, 0.5) is 5.13 Å². The summed E-state index contributed by atoms with van der Waals surface area (Å²) in [6, 6.07) is 2.89. The van der Waals surface area contributed by atoms with Crippen LogP contribution in [-0.4, -0.2) is 22.0 Å². The van der Waals surface area contributed by atoms with Gasteiger partial charge in [-0.1, -0.05) is 0 Å². The van der Waals surface area contributed by atoms with Gasteiger partial charge in [0.1, 0.15) is 0 Å². The summed E-state index contributed by atoms with van der Waals surface area (Å²) in [7, 11) is 0. The predicted octanol–water partition coefficient (Wildman–Crippen LogP) is 2.27. The van der Waals surface area contributed by atoms with Crippen molar-refractivity contribution in [2.45, 2.75) is 6.42 Å². The van der Waals surface area contributed by atoms with Gasteiger partial charge in [-0.2, -0.15) is 0 Å². The molecule has 0 saturated carbocycles. The van der Waals surface area contributed by atoms with Crippen LogP contribution in [0.1, 0.15) is 16.2 Å². The van der Waals surface area contributed by atoms with Crippen LogP contribution in [0.5, 0.6) is 0 Å². The maximum absolute atomic E-state index is 11.6. The van der Waals surface area contributed by atoms with Crippen molar-refractivity contribution in [1.29, 1.82) is 0 Å². The van der Waals surface area contributed by atoms with Gasteiger partial charge in [0, 0.05) is 5.38 Å². The van der Waals surface area contributed by atoms with Gasteiger partial charge in [0.2, 0.25) is 0 Å². The van der Waals surface area contributed by atoms with Gasteiger partial charge >= 0.3 is 5.97 Å². The number of nitrogens with one attached hydrogen (secondary N) is 1. The molecule has 0 atom stereocenters. The number of amides is 1.